The van der Waals surface area contributed by atoms with Gasteiger partial charge in [-0.25, -0.2) is 4.39 Å². The molecule has 1 N–H and O–H groups in total. The number of nitro groups is 1. The number of benzene rings is 1. The van der Waals surface area contributed by atoms with E-state index in [1.54, 1.807) is 0 Å². The van der Waals surface area contributed by atoms with Crippen LogP contribution < -0.4 is 4.74 Å². The maximum absolute atomic E-state index is 13.4. The fourth-order valence-corrected chi connectivity index (χ4v) is 1.36. The molecular formula is C11H12FNO5. The van der Waals surface area contributed by atoms with Crippen LogP contribution in [0.25, 0.3) is 0 Å². The van der Waals surface area contributed by atoms with Gasteiger partial charge < -0.3 is 9.84 Å². The zero-order valence-electron chi connectivity index (χ0n) is 9.68. The quantitative estimate of drug-likeness (QED) is 0.479. The van der Waals surface area contributed by atoms with Crippen LogP contribution in [-0.4, -0.2) is 22.6 Å². The highest BCUT2D eigenvalue weighted by molar-refractivity contribution is 5.66. The third-order valence-corrected chi connectivity index (χ3v) is 2.24. The summed E-state index contributed by atoms with van der Waals surface area (Å²) in [6.07, 6.45) is 0.165. The first-order valence-electron chi connectivity index (χ1n) is 5.21. The second kappa shape index (κ2) is 5.95. The first-order valence-corrected chi connectivity index (χ1v) is 5.21. The summed E-state index contributed by atoms with van der Waals surface area (Å²) in [7, 11) is 0. The van der Waals surface area contributed by atoms with Crippen molar-refractivity contribution in [3.63, 3.8) is 0 Å². The predicted molar refractivity (Wildman–Crippen MR) is 60.2 cm³/mol. The van der Waals surface area contributed by atoms with Crippen molar-refractivity contribution in [1.82, 2.24) is 0 Å². The fourth-order valence-electron chi connectivity index (χ4n) is 1.36. The van der Waals surface area contributed by atoms with E-state index in [9.17, 15) is 19.3 Å². The lowest BCUT2D eigenvalue weighted by Gasteiger charge is -2.07. The van der Waals surface area contributed by atoms with Crippen LogP contribution in [0.5, 0.6) is 5.75 Å². The number of rotatable bonds is 6. The van der Waals surface area contributed by atoms with Gasteiger partial charge in [-0.05, 0) is 19.4 Å². The first-order chi connectivity index (χ1) is 8.41. The van der Waals surface area contributed by atoms with Gasteiger partial charge in [0.2, 0.25) is 0 Å². The van der Waals surface area contributed by atoms with Crippen LogP contribution in [0, 0.1) is 22.9 Å². The molecule has 0 bridgehead atoms. The summed E-state index contributed by atoms with van der Waals surface area (Å²) in [6.45, 7) is 1.52. The molecule has 0 atom stereocenters. The van der Waals surface area contributed by atoms with Crippen LogP contribution in [0.15, 0.2) is 12.1 Å². The molecule has 0 radical (unpaired) electrons. The van der Waals surface area contributed by atoms with Gasteiger partial charge >= 0.3 is 5.97 Å². The van der Waals surface area contributed by atoms with E-state index in [1.165, 1.54) is 13.0 Å². The third kappa shape index (κ3) is 3.69. The molecule has 6 nitrogen and oxygen atoms in total. The van der Waals surface area contributed by atoms with Crippen molar-refractivity contribution in [2.45, 2.75) is 19.8 Å². The van der Waals surface area contributed by atoms with Gasteiger partial charge in [0.05, 0.1) is 17.6 Å². The summed E-state index contributed by atoms with van der Waals surface area (Å²) in [6, 6.07) is 2.02. The standard InChI is InChI=1S/C11H12FNO5/c1-7-5-10(18-4-2-3-11(14)15)8(12)6-9(7)13(16)17/h5-6H,2-4H2,1H3,(H,14,15). The van der Waals surface area contributed by atoms with E-state index in [4.69, 9.17) is 9.84 Å². The largest absolute Gasteiger partial charge is 0.490 e. The molecule has 18 heavy (non-hydrogen) atoms. The molecule has 0 amide bonds. The van der Waals surface area contributed by atoms with E-state index in [0.29, 0.717) is 0 Å². The number of halogens is 1. The number of hydrogen-bond acceptors (Lipinski definition) is 4. The Morgan fingerprint density at radius 3 is 2.78 bits per heavy atom. The molecule has 0 saturated carbocycles. The Kier molecular flexibility index (Phi) is 4.59. The van der Waals surface area contributed by atoms with Gasteiger partial charge in [0.15, 0.2) is 11.6 Å². The summed E-state index contributed by atoms with van der Waals surface area (Å²) in [4.78, 5) is 20.1. The Labute approximate surface area is 102 Å². The molecular weight excluding hydrogens is 245 g/mol. The molecule has 0 aromatic heterocycles. The summed E-state index contributed by atoms with van der Waals surface area (Å²) in [5, 5.41) is 19.0. The van der Waals surface area contributed by atoms with E-state index >= 15 is 0 Å². The number of carboxylic acids is 1. The van der Waals surface area contributed by atoms with E-state index in [1.807, 2.05) is 0 Å². The number of aliphatic carboxylic acids is 1. The van der Waals surface area contributed by atoms with E-state index in [-0.39, 0.29) is 36.4 Å². The van der Waals surface area contributed by atoms with Crippen LogP contribution in [-0.2, 0) is 4.79 Å². The number of hydrogen-bond donors (Lipinski definition) is 1. The van der Waals surface area contributed by atoms with E-state index in [2.05, 4.69) is 0 Å². The molecule has 7 heteroatoms. The van der Waals surface area contributed by atoms with Crippen LogP contribution in [0.4, 0.5) is 10.1 Å². The number of nitro benzene ring substituents is 1. The minimum absolute atomic E-state index is 0.0421. The molecule has 0 unspecified atom stereocenters. The van der Waals surface area contributed by atoms with Gasteiger partial charge in [0, 0.05) is 12.0 Å². The zero-order chi connectivity index (χ0) is 13.7. The Bertz CT molecular complexity index is 475. The van der Waals surface area contributed by atoms with Gasteiger partial charge in [-0.15, -0.1) is 0 Å². The Morgan fingerprint density at radius 2 is 2.22 bits per heavy atom. The highest BCUT2D eigenvalue weighted by atomic mass is 19.1. The number of carbonyl (C=O) groups is 1. The molecule has 0 aliphatic rings. The van der Waals surface area contributed by atoms with Crippen molar-refractivity contribution in [1.29, 1.82) is 0 Å². The molecule has 0 aliphatic carbocycles. The minimum atomic E-state index is -0.959. The van der Waals surface area contributed by atoms with Crippen molar-refractivity contribution in [3.8, 4) is 5.75 Å². The van der Waals surface area contributed by atoms with Crippen LogP contribution >= 0.6 is 0 Å². The lowest BCUT2D eigenvalue weighted by atomic mass is 10.2. The first kappa shape index (κ1) is 13.9. The Hall–Kier alpha value is -2.18. The normalized spacial score (nSPS) is 10.1. The van der Waals surface area contributed by atoms with Crippen molar-refractivity contribution in [2.24, 2.45) is 0 Å². The van der Waals surface area contributed by atoms with Gasteiger partial charge in [0.25, 0.3) is 5.69 Å². The molecule has 0 heterocycles. The average Bonchev–Trinajstić information content (AvgIpc) is 2.27. The second-order valence-electron chi connectivity index (χ2n) is 3.67. The monoisotopic (exact) mass is 257 g/mol. The molecule has 98 valence electrons. The highest BCUT2D eigenvalue weighted by Gasteiger charge is 2.16. The Balaban J connectivity index is 2.70. The molecule has 0 spiro atoms. The minimum Gasteiger partial charge on any atom is -0.490 e. The van der Waals surface area contributed by atoms with Gasteiger partial charge in [0.1, 0.15) is 0 Å². The van der Waals surface area contributed by atoms with E-state index in [0.717, 1.165) is 6.07 Å². The van der Waals surface area contributed by atoms with Gasteiger partial charge in [-0.1, -0.05) is 0 Å². The highest BCUT2D eigenvalue weighted by Crippen LogP contribution is 2.27. The third-order valence-electron chi connectivity index (χ3n) is 2.24. The summed E-state index contributed by atoms with van der Waals surface area (Å²) in [5.41, 5.74) is -0.0278. The second-order valence-corrected chi connectivity index (χ2v) is 3.67. The Morgan fingerprint density at radius 1 is 1.56 bits per heavy atom. The van der Waals surface area contributed by atoms with Crippen LogP contribution in [0.3, 0.4) is 0 Å². The lowest BCUT2D eigenvalue weighted by Crippen LogP contribution is -2.04. The lowest BCUT2D eigenvalue weighted by molar-refractivity contribution is -0.385. The van der Waals surface area contributed by atoms with Crippen molar-refractivity contribution in [3.05, 3.63) is 33.6 Å². The summed E-state index contributed by atoms with van der Waals surface area (Å²) in [5.74, 6) is -1.90. The summed E-state index contributed by atoms with van der Waals surface area (Å²) < 4.78 is 18.5. The number of nitrogens with zero attached hydrogens (tertiary/aromatic N) is 1. The van der Waals surface area contributed by atoms with Crippen molar-refractivity contribution in [2.75, 3.05) is 6.61 Å². The fraction of sp³-hybridized carbons (Fsp3) is 0.364. The van der Waals surface area contributed by atoms with Crippen molar-refractivity contribution >= 4 is 11.7 Å². The zero-order valence-corrected chi connectivity index (χ0v) is 9.68. The van der Waals surface area contributed by atoms with Crippen LogP contribution in [0.2, 0.25) is 0 Å². The molecule has 1 rings (SSSR count). The van der Waals surface area contributed by atoms with Gasteiger partial charge in [-0.3, -0.25) is 14.9 Å². The predicted octanol–water partition coefficient (Wildman–Crippen LogP) is 2.29. The molecule has 0 aliphatic heterocycles. The van der Waals surface area contributed by atoms with Gasteiger partial charge in [-0.2, -0.15) is 0 Å². The smallest absolute Gasteiger partial charge is 0.303 e. The molecule has 1 aromatic rings. The summed E-state index contributed by atoms with van der Waals surface area (Å²) >= 11 is 0. The van der Waals surface area contributed by atoms with E-state index < -0.39 is 16.7 Å². The number of carboxylic acid groups (broad SMARTS) is 1. The van der Waals surface area contributed by atoms with Crippen molar-refractivity contribution < 1.29 is 24.0 Å². The molecule has 0 fully saturated rings. The van der Waals surface area contributed by atoms with Crippen LogP contribution in [0.1, 0.15) is 18.4 Å². The maximum atomic E-state index is 13.4. The topological polar surface area (TPSA) is 89.7 Å². The molecule has 1 aromatic carbocycles. The average molecular weight is 257 g/mol. The number of aryl methyl sites for hydroxylation is 1. The maximum Gasteiger partial charge on any atom is 0.303 e. The SMILES string of the molecule is Cc1cc(OCCCC(=O)O)c(F)cc1[N+](=O)[O-]. The molecule has 0 saturated heterocycles. The number of ether oxygens (including phenoxy) is 1.